The Kier molecular flexibility index (Phi) is 10.0. The lowest BCUT2D eigenvalue weighted by atomic mass is 9.50. The van der Waals surface area contributed by atoms with Gasteiger partial charge in [0, 0.05) is 24.6 Å². The maximum absolute atomic E-state index is 13.5. The van der Waals surface area contributed by atoms with Crippen molar-refractivity contribution in [3.05, 3.63) is 35.1 Å². The van der Waals surface area contributed by atoms with Gasteiger partial charge in [-0.05, 0) is 105 Å². The van der Waals surface area contributed by atoms with Crippen LogP contribution in [0.2, 0.25) is 0 Å². The summed E-state index contributed by atoms with van der Waals surface area (Å²) >= 11 is 0. The highest BCUT2D eigenvalue weighted by atomic mass is 16.7. The first-order valence-electron chi connectivity index (χ1n) is 17.4. The van der Waals surface area contributed by atoms with Crippen LogP contribution in [0.25, 0.3) is 0 Å². The van der Waals surface area contributed by atoms with Crippen molar-refractivity contribution in [2.75, 3.05) is 20.1 Å². The second-order valence-corrected chi connectivity index (χ2v) is 16.4. The third-order valence-electron chi connectivity index (χ3n) is 9.75. The molecular formula is C37H52N2O11. The molecule has 1 aromatic rings. The fourth-order valence-corrected chi connectivity index (χ4v) is 7.74. The molecule has 4 aliphatic rings. The van der Waals surface area contributed by atoms with Crippen molar-refractivity contribution in [1.82, 2.24) is 10.2 Å². The predicted molar refractivity (Wildman–Crippen MR) is 181 cm³/mol. The molecule has 6 atom stereocenters. The van der Waals surface area contributed by atoms with Crippen molar-refractivity contribution in [1.29, 1.82) is 0 Å². The molecule has 13 heteroatoms. The number of benzene rings is 1. The summed E-state index contributed by atoms with van der Waals surface area (Å²) in [5, 5.41) is 15.2. The van der Waals surface area contributed by atoms with Crippen LogP contribution < -0.4 is 14.8 Å². The molecule has 276 valence electrons. The van der Waals surface area contributed by atoms with E-state index in [1.54, 1.807) is 53.7 Å². The number of esters is 2. The summed E-state index contributed by atoms with van der Waals surface area (Å²) in [7, 11) is 1.98. The number of nitrogens with one attached hydrogen (secondary N) is 1. The van der Waals surface area contributed by atoms with Gasteiger partial charge in [0.2, 0.25) is 0 Å². The minimum atomic E-state index is -1.29. The number of aliphatic hydroxyl groups is 1. The van der Waals surface area contributed by atoms with Gasteiger partial charge in [-0.25, -0.2) is 14.4 Å². The van der Waals surface area contributed by atoms with E-state index >= 15 is 0 Å². The van der Waals surface area contributed by atoms with Gasteiger partial charge < -0.3 is 43.7 Å². The van der Waals surface area contributed by atoms with E-state index < -0.39 is 64.5 Å². The smallest absolute Gasteiger partial charge is 0.477 e. The Balaban J connectivity index is 1.36. The monoisotopic (exact) mass is 700 g/mol. The lowest BCUT2D eigenvalue weighted by Crippen LogP contribution is -2.74. The van der Waals surface area contributed by atoms with E-state index in [2.05, 4.69) is 10.2 Å². The quantitative estimate of drug-likeness (QED) is 0.203. The second kappa shape index (κ2) is 13.4. The van der Waals surface area contributed by atoms with Gasteiger partial charge in [-0.2, -0.15) is 0 Å². The Morgan fingerprint density at radius 3 is 2.34 bits per heavy atom. The van der Waals surface area contributed by atoms with Crippen LogP contribution in [0.3, 0.4) is 0 Å². The summed E-state index contributed by atoms with van der Waals surface area (Å²) in [4.78, 5) is 54.0. The van der Waals surface area contributed by atoms with Crippen LogP contribution in [0.5, 0.6) is 11.5 Å². The Hall–Kier alpha value is -3.84. The van der Waals surface area contributed by atoms with Crippen LogP contribution in [0.1, 0.15) is 92.7 Å². The zero-order valence-electron chi connectivity index (χ0n) is 30.8. The summed E-state index contributed by atoms with van der Waals surface area (Å²) in [6, 6.07) is 3.31. The van der Waals surface area contributed by atoms with Gasteiger partial charge in [0.25, 0.3) is 0 Å². The third-order valence-corrected chi connectivity index (χ3v) is 9.75. The van der Waals surface area contributed by atoms with Gasteiger partial charge >= 0.3 is 24.2 Å². The van der Waals surface area contributed by atoms with Crippen molar-refractivity contribution < 1.29 is 52.7 Å². The SMILES string of the molecule is CC(C)C[C@H](CNC(=O)OC(C)(C)C)C(=O)O[C@@H](C)C(=O)OC1=CC[C@@]2(O)[C@H]3Cc4ccc(OC(=O)OC(C)(C)C)c5c4[C@@]2(CCN3C)[C@H]1O5. The Morgan fingerprint density at radius 2 is 1.70 bits per heavy atom. The summed E-state index contributed by atoms with van der Waals surface area (Å²) in [5.41, 5.74) is -2.07. The Bertz CT molecular complexity index is 1560. The number of amides is 1. The van der Waals surface area contributed by atoms with E-state index in [1.165, 1.54) is 6.92 Å². The highest BCUT2D eigenvalue weighted by molar-refractivity contribution is 5.81. The van der Waals surface area contributed by atoms with E-state index in [9.17, 15) is 24.3 Å². The van der Waals surface area contributed by atoms with E-state index in [1.807, 2.05) is 27.0 Å². The van der Waals surface area contributed by atoms with E-state index in [-0.39, 0.29) is 36.4 Å². The van der Waals surface area contributed by atoms with E-state index in [4.69, 9.17) is 28.4 Å². The minimum absolute atomic E-state index is 0.0280. The van der Waals surface area contributed by atoms with Crippen molar-refractivity contribution in [2.45, 2.75) is 128 Å². The van der Waals surface area contributed by atoms with Crippen molar-refractivity contribution in [3.8, 4) is 11.5 Å². The maximum atomic E-state index is 13.5. The van der Waals surface area contributed by atoms with Crippen LogP contribution in [-0.4, -0.2) is 89.4 Å². The van der Waals surface area contributed by atoms with Gasteiger partial charge in [-0.15, -0.1) is 0 Å². The molecule has 0 radical (unpaired) electrons. The fraction of sp³-hybridized carbons (Fsp3) is 0.676. The number of rotatable bonds is 9. The van der Waals surface area contributed by atoms with Gasteiger partial charge in [-0.1, -0.05) is 19.9 Å². The number of likely N-dealkylation sites (N-methyl/N-ethyl adjacent to an activating group) is 1. The van der Waals surface area contributed by atoms with Crippen LogP contribution in [0, 0.1) is 11.8 Å². The summed E-state index contributed by atoms with van der Waals surface area (Å²) < 4.78 is 34.4. The largest absolute Gasteiger partial charge is 0.514 e. The third kappa shape index (κ3) is 7.16. The zero-order valence-corrected chi connectivity index (χ0v) is 30.8. The molecule has 1 fully saturated rings. The molecule has 1 amide bonds. The number of hydrogen-bond acceptors (Lipinski definition) is 12. The molecular weight excluding hydrogens is 648 g/mol. The summed E-state index contributed by atoms with van der Waals surface area (Å²) in [5.74, 6) is -1.47. The Labute approximate surface area is 293 Å². The highest BCUT2D eigenvalue weighted by Gasteiger charge is 2.72. The van der Waals surface area contributed by atoms with Gasteiger partial charge in [-0.3, -0.25) is 4.79 Å². The van der Waals surface area contributed by atoms with Crippen LogP contribution in [-0.2, 0) is 40.4 Å². The lowest BCUT2D eigenvalue weighted by molar-refractivity contribution is -0.176. The molecule has 2 N–H and O–H groups in total. The van der Waals surface area contributed by atoms with E-state index in [0.717, 1.165) is 11.1 Å². The minimum Gasteiger partial charge on any atom is -0.477 e. The lowest BCUT2D eigenvalue weighted by Gasteiger charge is -2.61. The van der Waals surface area contributed by atoms with E-state index in [0.29, 0.717) is 31.6 Å². The molecule has 0 aromatic heterocycles. The molecule has 1 aromatic carbocycles. The van der Waals surface area contributed by atoms with Crippen molar-refractivity contribution >= 4 is 24.2 Å². The van der Waals surface area contributed by atoms with Crippen LogP contribution in [0.4, 0.5) is 9.59 Å². The molecule has 5 rings (SSSR count). The molecule has 2 aliphatic heterocycles. The molecule has 1 spiro atoms. The number of carbonyl (C=O) groups is 4. The fourth-order valence-electron chi connectivity index (χ4n) is 7.74. The highest BCUT2D eigenvalue weighted by Crippen LogP contribution is 2.65. The molecule has 0 unspecified atom stereocenters. The average molecular weight is 701 g/mol. The normalized spacial score (nSPS) is 26.4. The average Bonchev–Trinajstić information content (AvgIpc) is 3.33. The first-order chi connectivity index (χ1) is 23.1. The summed E-state index contributed by atoms with van der Waals surface area (Å²) in [6.07, 6.45) is -0.480. The summed E-state index contributed by atoms with van der Waals surface area (Å²) in [6.45, 7) is 16.3. The number of piperidine rings is 1. The molecule has 2 heterocycles. The topological polar surface area (TPSA) is 159 Å². The number of carbonyl (C=O) groups excluding carboxylic acids is 4. The maximum Gasteiger partial charge on any atom is 0.514 e. The van der Waals surface area contributed by atoms with Crippen LogP contribution in [0.15, 0.2) is 24.0 Å². The second-order valence-electron chi connectivity index (χ2n) is 16.4. The number of alkyl carbamates (subject to hydrolysis) is 1. The molecule has 2 aliphatic carbocycles. The zero-order chi connectivity index (χ0) is 37.0. The number of likely N-dealkylation sites (tertiary alicyclic amines) is 1. The van der Waals surface area contributed by atoms with Gasteiger partial charge in [0.1, 0.15) is 17.0 Å². The standard InChI is InChI=1S/C37H52N2O11/c1-20(2)17-23(19-38-32(42)49-34(4,5)6)31(41)45-21(3)30(40)46-25-13-14-37(44)26-18-22-11-12-24(47-33(43)50-35(7,8)9)28-27(22)36(37,29(25)48-28)15-16-39(26)10/h11-13,20-21,23,26,29,44H,14-19H2,1-10H3,(H,38,42)/t21-,23+,26+,29-,36-,37+/m0/s1. The first kappa shape index (κ1) is 37.4. The molecule has 0 saturated carbocycles. The van der Waals surface area contributed by atoms with Crippen molar-refractivity contribution in [2.24, 2.45) is 11.8 Å². The molecule has 2 bridgehead atoms. The van der Waals surface area contributed by atoms with Crippen molar-refractivity contribution in [3.63, 3.8) is 0 Å². The first-order valence-corrected chi connectivity index (χ1v) is 17.4. The van der Waals surface area contributed by atoms with Gasteiger partial charge in [0.15, 0.2) is 23.7 Å². The number of ether oxygens (including phenoxy) is 6. The van der Waals surface area contributed by atoms with Crippen LogP contribution >= 0.6 is 0 Å². The predicted octanol–water partition coefficient (Wildman–Crippen LogP) is 4.94. The Morgan fingerprint density at radius 1 is 1.02 bits per heavy atom. The number of nitrogens with zero attached hydrogens (tertiary/aromatic N) is 1. The van der Waals surface area contributed by atoms with Gasteiger partial charge in [0.05, 0.1) is 16.9 Å². The number of hydrogen-bond donors (Lipinski definition) is 2. The molecule has 1 saturated heterocycles. The molecule has 13 nitrogen and oxygen atoms in total. The molecule has 50 heavy (non-hydrogen) atoms.